The van der Waals surface area contributed by atoms with Gasteiger partial charge in [-0.3, -0.25) is 15.1 Å². The zero-order valence-electron chi connectivity index (χ0n) is 11.0. The molecule has 106 valence electrons. The topological polar surface area (TPSA) is 96.8 Å². The van der Waals surface area contributed by atoms with Crippen LogP contribution >= 0.6 is 0 Å². The van der Waals surface area contributed by atoms with E-state index in [9.17, 15) is 10.1 Å². The Labute approximate surface area is 112 Å². The summed E-state index contributed by atoms with van der Waals surface area (Å²) in [5.41, 5.74) is 9.00. The van der Waals surface area contributed by atoms with Gasteiger partial charge >= 0.3 is 0 Å². The molecule has 3 N–H and O–H groups in total. The molecule has 0 saturated heterocycles. The molecule has 1 aliphatic carbocycles. The molecule has 0 aromatic rings. The van der Waals surface area contributed by atoms with Crippen LogP contribution in [0.2, 0.25) is 0 Å². The zero-order valence-corrected chi connectivity index (χ0v) is 11.0. The Morgan fingerprint density at radius 2 is 2.11 bits per heavy atom. The fourth-order valence-electron chi connectivity index (χ4n) is 2.58. The molecule has 19 heavy (non-hydrogen) atoms. The Kier molecular flexibility index (Phi) is 4.86. The number of hydrazine groups is 1. The van der Waals surface area contributed by atoms with Crippen molar-refractivity contribution in [3.05, 3.63) is 22.0 Å². The van der Waals surface area contributed by atoms with Crippen molar-refractivity contribution in [3.63, 3.8) is 0 Å². The number of hydrogen-bond donors (Lipinski definition) is 2. The second-order valence-electron chi connectivity index (χ2n) is 5.25. The van der Waals surface area contributed by atoms with Gasteiger partial charge < -0.3 is 5.73 Å². The van der Waals surface area contributed by atoms with Gasteiger partial charge in [0.2, 0.25) is 0 Å². The third-order valence-corrected chi connectivity index (χ3v) is 3.88. The van der Waals surface area contributed by atoms with Crippen LogP contribution in [0.15, 0.2) is 16.9 Å². The third-order valence-electron chi connectivity index (χ3n) is 3.88. The van der Waals surface area contributed by atoms with E-state index in [1.807, 2.05) is 0 Å². The van der Waals surface area contributed by atoms with Crippen LogP contribution in [0, 0.1) is 22.0 Å². The van der Waals surface area contributed by atoms with Gasteiger partial charge in [0, 0.05) is 6.54 Å². The summed E-state index contributed by atoms with van der Waals surface area (Å²) in [7, 11) is 0. The number of rotatable bonds is 5. The lowest BCUT2D eigenvalue weighted by Crippen LogP contribution is -2.43. The van der Waals surface area contributed by atoms with Crippen molar-refractivity contribution < 1.29 is 4.92 Å². The molecule has 1 fully saturated rings. The van der Waals surface area contributed by atoms with Crippen molar-refractivity contribution in [3.8, 4) is 0 Å². The Morgan fingerprint density at radius 1 is 1.42 bits per heavy atom. The van der Waals surface area contributed by atoms with E-state index in [2.05, 4.69) is 10.4 Å². The summed E-state index contributed by atoms with van der Waals surface area (Å²) >= 11 is 0. The van der Waals surface area contributed by atoms with Gasteiger partial charge in [-0.2, -0.15) is 0 Å². The predicted octanol–water partition coefficient (Wildman–Crippen LogP) is 0.718. The molecule has 2 rings (SSSR count). The van der Waals surface area contributed by atoms with E-state index in [0.717, 1.165) is 13.1 Å². The van der Waals surface area contributed by atoms with E-state index in [4.69, 9.17) is 5.73 Å². The lowest BCUT2D eigenvalue weighted by Gasteiger charge is -2.30. The van der Waals surface area contributed by atoms with Crippen molar-refractivity contribution in [2.24, 2.45) is 22.6 Å². The standard InChI is InChI=1S/C12H21N5O2/c13-5-10-1-3-11(4-2-10)6-15-16-8-12(17(18)19)7-14-9-16/h7,9-11,15H,1-6,8,13H2. The molecule has 7 nitrogen and oxygen atoms in total. The minimum absolute atomic E-state index is 0.113. The molecule has 0 aromatic heterocycles. The van der Waals surface area contributed by atoms with Crippen LogP contribution in [0.3, 0.4) is 0 Å². The highest BCUT2D eigenvalue weighted by molar-refractivity contribution is 5.57. The highest BCUT2D eigenvalue weighted by Gasteiger charge is 2.22. The summed E-state index contributed by atoms with van der Waals surface area (Å²) in [6, 6.07) is 0. The molecule has 2 aliphatic rings. The molecular formula is C12H21N5O2. The van der Waals surface area contributed by atoms with Crippen molar-refractivity contribution in [1.29, 1.82) is 0 Å². The van der Waals surface area contributed by atoms with E-state index in [1.165, 1.54) is 31.9 Å². The van der Waals surface area contributed by atoms with Gasteiger partial charge in [0.05, 0.1) is 4.92 Å². The molecule has 0 atom stereocenters. The average Bonchev–Trinajstić information content (AvgIpc) is 2.46. The first kappa shape index (κ1) is 14.0. The maximum atomic E-state index is 10.7. The largest absolute Gasteiger partial charge is 0.330 e. The first-order chi connectivity index (χ1) is 9.19. The van der Waals surface area contributed by atoms with E-state index in [1.54, 1.807) is 11.3 Å². The van der Waals surface area contributed by atoms with Crippen LogP contribution in [0.25, 0.3) is 0 Å². The maximum absolute atomic E-state index is 10.7. The number of nitrogens with two attached hydrogens (primary N) is 1. The lowest BCUT2D eigenvalue weighted by molar-refractivity contribution is -0.428. The van der Waals surface area contributed by atoms with Crippen LogP contribution in [-0.4, -0.2) is 35.9 Å². The average molecular weight is 267 g/mol. The van der Waals surface area contributed by atoms with Gasteiger partial charge in [-0.15, -0.1) is 0 Å². The van der Waals surface area contributed by atoms with Gasteiger partial charge in [-0.1, -0.05) is 0 Å². The number of nitrogens with one attached hydrogen (secondary N) is 1. The third kappa shape index (κ3) is 4.00. The number of aliphatic imine (C=N–C) groups is 1. The maximum Gasteiger partial charge on any atom is 0.285 e. The van der Waals surface area contributed by atoms with Gasteiger partial charge in [0.1, 0.15) is 19.1 Å². The Morgan fingerprint density at radius 3 is 2.74 bits per heavy atom. The SMILES string of the molecule is NCC1CCC(CNN2C=NC=C([N+](=O)[O-])C2)CC1. The predicted molar refractivity (Wildman–Crippen MR) is 72.8 cm³/mol. The van der Waals surface area contributed by atoms with Gasteiger partial charge in [-0.05, 0) is 44.1 Å². The van der Waals surface area contributed by atoms with Crippen LogP contribution in [0.5, 0.6) is 0 Å². The van der Waals surface area contributed by atoms with E-state index < -0.39 is 4.92 Å². The highest BCUT2D eigenvalue weighted by atomic mass is 16.6. The highest BCUT2D eigenvalue weighted by Crippen LogP contribution is 2.27. The molecule has 1 aliphatic heterocycles. The van der Waals surface area contributed by atoms with E-state index >= 15 is 0 Å². The second-order valence-corrected chi connectivity index (χ2v) is 5.25. The van der Waals surface area contributed by atoms with Crippen LogP contribution in [0.4, 0.5) is 0 Å². The Balaban J connectivity index is 1.71. The Hall–Kier alpha value is -1.47. The number of nitrogens with zero attached hydrogens (tertiary/aromatic N) is 3. The van der Waals surface area contributed by atoms with Crippen molar-refractivity contribution >= 4 is 6.34 Å². The first-order valence-corrected chi connectivity index (χ1v) is 6.76. The van der Waals surface area contributed by atoms with Crippen molar-refractivity contribution in [1.82, 2.24) is 10.4 Å². The molecule has 1 heterocycles. The minimum Gasteiger partial charge on any atom is -0.330 e. The first-order valence-electron chi connectivity index (χ1n) is 6.76. The Bertz CT molecular complexity index is 374. The van der Waals surface area contributed by atoms with Crippen LogP contribution < -0.4 is 11.2 Å². The fraction of sp³-hybridized carbons (Fsp3) is 0.750. The number of nitro groups is 1. The van der Waals surface area contributed by atoms with E-state index in [0.29, 0.717) is 11.8 Å². The lowest BCUT2D eigenvalue weighted by atomic mass is 9.82. The summed E-state index contributed by atoms with van der Waals surface area (Å²) < 4.78 is 0. The normalized spacial score (nSPS) is 27.2. The molecule has 0 amide bonds. The van der Waals surface area contributed by atoms with Crippen molar-refractivity contribution in [2.45, 2.75) is 25.7 Å². The van der Waals surface area contributed by atoms with Crippen LogP contribution in [-0.2, 0) is 0 Å². The summed E-state index contributed by atoms with van der Waals surface area (Å²) in [6.07, 6.45) is 7.63. The molecular weight excluding hydrogens is 246 g/mol. The second kappa shape index (κ2) is 6.63. The van der Waals surface area contributed by atoms with E-state index in [-0.39, 0.29) is 12.2 Å². The molecule has 0 spiro atoms. The quantitative estimate of drug-likeness (QED) is 0.565. The van der Waals surface area contributed by atoms with Gasteiger partial charge in [0.15, 0.2) is 0 Å². The summed E-state index contributed by atoms with van der Waals surface area (Å²) in [4.78, 5) is 14.1. The van der Waals surface area contributed by atoms with Crippen LogP contribution in [0.1, 0.15) is 25.7 Å². The molecule has 0 aromatic carbocycles. The van der Waals surface area contributed by atoms with Crippen molar-refractivity contribution in [2.75, 3.05) is 19.6 Å². The number of hydrogen-bond acceptors (Lipinski definition) is 6. The fourth-order valence-corrected chi connectivity index (χ4v) is 2.58. The monoisotopic (exact) mass is 267 g/mol. The smallest absolute Gasteiger partial charge is 0.285 e. The molecule has 0 radical (unpaired) electrons. The molecule has 7 heteroatoms. The summed E-state index contributed by atoms with van der Waals surface area (Å²) in [5, 5.41) is 12.4. The summed E-state index contributed by atoms with van der Waals surface area (Å²) in [5.74, 6) is 1.30. The molecule has 0 bridgehead atoms. The minimum atomic E-state index is -0.391. The molecule has 0 unspecified atom stereocenters. The summed E-state index contributed by atoms with van der Waals surface area (Å²) in [6.45, 7) is 1.89. The molecule has 1 saturated carbocycles. The zero-order chi connectivity index (χ0) is 13.7. The van der Waals surface area contributed by atoms with Gasteiger partial charge in [0.25, 0.3) is 5.70 Å². The van der Waals surface area contributed by atoms with Gasteiger partial charge in [-0.25, -0.2) is 10.4 Å².